The largest absolute Gasteiger partial charge is 0.490 e. The van der Waals surface area contributed by atoms with Crippen molar-refractivity contribution in [3.8, 4) is 11.5 Å². The number of nitrogens with zero attached hydrogens (tertiary/aromatic N) is 4. The van der Waals surface area contributed by atoms with Crippen molar-refractivity contribution in [3.05, 3.63) is 70.4 Å². The Kier molecular flexibility index (Phi) is 5.59. The molecule has 0 saturated heterocycles. The average molecular weight is 460 g/mol. The summed E-state index contributed by atoms with van der Waals surface area (Å²) in [4.78, 5) is 13.3. The molecule has 3 aromatic rings. The van der Waals surface area contributed by atoms with Crippen molar-refractivity contribution in [1.29, 1.82) is 0 Å². The molecular formula is C26H29N5O3. The molecule has 5 rings (SSSR count). The SMILES string of the molecule is CCOc1cc(C2C3=C(CC(C)(C)CC3=O)Nc3nnnn32)ccc1OCc1cccc(C)c1. The van der Waals surface area contributed by atoms with Crippen LogP contribution in [-0.2, 0) is 11.4 Å². The highest BCUT2D eigenvalue weighted by Crippen LogP contribution is 2.46. The maximum absolute atomic E-state index is 13.3. The van der Waals surface area contributed by atoms with Gasteiger partial charge in [0, 0.05) is 17.7 Å². The third kappa shape index (κ3) is 4.16. The highest BCUT2D eigenvalue weighted by atomic mass is 16.5. The first-order valence-corrected chi connectivity index (χ1v) is 11.6. The second-order valence-electron chi connectivity index (χ2n) is 9.72. The fraction of sp³-hybridized carbons (Fsp3) is 0.385. The van der Waals surface area contributed by atoms with Gasteiger partial charge in [-0.05, 0) is 59.4 Å². The number of ketones is 1. The number of aromatic nitrogens is 4. The van der Waals surface area contributed by atoms with Gasteiger partial charge in [-0.25, -0.2) is 0 Å². The van der Waals surface area contributed by atoms with E-state index in [2.05, 4.69) is 53.7 Å². The molecule has 0 radical (unpaired) electrons. The number of ether oxygens (including phenoxy) is 2. The number of Topliss-reactive ketones (excluding diaryl/α,β-unsaturated/α-hetero) is 1. The fourth-order valence-electron chi connectivity index (χ4n) is 4.82. The van der Waals surface area contributed by atoms with E-state index >= 15 is 0 Å². The Morgan fingerprint density at radius 1 is 1.12 bits per heavy atom. The van der Waals surface area contributed by atoms with Crippen LogP contribution in [0.25, 0.3) is 0 Å². The summed E-state index contributed by atoms with van der Waals surface area (Å²) in [5, 5.41) is 15.5. The third-order valence-corrected chi connectivity index (χ3v) is 6.25. The van der Waals surface area contributed by atoms with Crippen molar-refractivity contribution in [2.75, 3.05) is 11.9 Å². The Labute approximate surface area is 199 Å². The van der Waals surface area contributed by atoms with Gasteiger partial charge in [0.05, 0.1) is 6.61 Å². The first-order chi connectivity index (χ1) is 16.3. The third-order valence-electron chi connectivity index (χ3n) is 6.25. The number of hydrogen-bond donors (Lipinski definition) is 1. The minimum Gasteiger partial charge on any atom is -0.490 e. The van der Waals surface area contributed by atoms with Crippen LogP contribution in [0.2, 0.25) is 0 Å². The summed E-state index contributed by atoms with van der Waals surface area (Å²) in [5.74, 6) is 1.93. The molecule has 176 valence electrons. The van der Waals surface area contributed by atoms with Crippen molar-refractivity contribution in [1.82, 2.24) is 20.2 Å². The summed E-state index contributed by atoms with van der Waals surface area (Å²) in [7, 11) is 0. The minimum absolute atomic E-state index is 0.114. The molecule has 0 fully saturated rings. The zero-order valence-electron chi connectivity index (χ0n) is 20.0. The predicted molar refractivity (Wildman–Crippen MR) is 128 cm³/mol. The number of anilines is 1. The summed E-state index contributed by atoms with van der Waals surface area (Å²) in [5.41, 5.74) is 4.65. The Morgan fingerprint density at radius 3 is 2.76 bits per heavy atom. The Balaban J connectivity index is 1.52. The lowest BCUT2D eigenvalue weighted by molar-refractivity contribution is -0.118. The van der Waals surface area contributed by atoms with E-state index < -0.39 is 6.04 Å². The van der Waals surface area contributed by atoms with Crippen molar-refractivity contribution < 1.29 is 14.3 Å². The van der Waals surface area contributed by atoms with Crippen LogP contribution in [0, 0.1) is 12.3 Å². The zero-order chi connectivity index (χ0) is 23.9. The summed E-state index contributed by atoms with van der Waals surface area (Å²) in [6, 6.07) is 13.6. The van der Waals surface area contributed by atoms with E-state index in [-0.39, 0.29) is 11.2 Å². The lowest BCUT2D eigenvalue weighted by Gasteiger charge is -2.37. The number of fused-ring (bicyclic) bond motifs is 1. The molecule has 0 amide bonds. The van der Waals surface area contributed by atoms with Crippen molar-refractivity contribution >= 4 is 11.7 Å². The fourth-order valence-corrected chi connectivity index (χ4v) is 4.82. The highest BCUT2D eigenvalue weighted by Gasteiger charge is 2.42. The average Bonchev–Trinajstić information content (AvgIpc) is 3.24. The monoisotopic (exact) mass is 459 g/mol. The normalized spacial score (nSPS) is 18.7. The Morgan fingerprint density at radius 2 is 1.97 bits per heavy atom. The summed E-state index contributed by atoms with van der Waals surface area (Å²) < 4.78 is 13.7. The van der Waals surface area contributed by atoms with Gasteiger partial charge >= 0.3 is 0 Å². The number of hydrogen-bond acceptors (Lipinski definition) is 7. The highest BCUT2D eigenvalue weighted by molar-refractivity contribution is 6.00. The molecule has 8 nitrogen and oxygen atoms in total. The van der Waals surface area contributed by atoms with Crippen LogP contribution in [0.15, 0.2) is 53.7 Å². The zero-order valence-corrected chi connectivity index (χ0v) is 20.0. The van der Waals surface area contributed by atoms with Gasteiger partial charge in [0.15, 0.2) is 17.3 Å². The molecule has 8 heteroatoms. The van der Waals surface area contributed by atoms with Gasteiger partial charge in [-0.15, -0.1) is 0 Å². The molecule has 1 N–H and O–H groups in total. The van der Waals surface area contributed by atoms with Gasteiger partial charge in [0.2, 0.25) is 5.95 Å². The van der Waals surface area contributed by atoms with Crippen LogP contribution in [0.5, 0.6) is 11.5 Å². The molecule has 0 saturated carbocycles. The van der Waals surface area contributed by atoms with Gasteiger partial charge in [0.1, 0.15) is 12.6 Å². The lowest BCUT2D eigenvalue weighted by Crippen LogP contribution is -2.36. The van der Waals surface area contributed by atoms with Gasteiger partial charge in [-0.2, -0.15) is 4.68 Å². The standard InChI is InChI=1S/C26H29N5O3/c1-5-33-22-12-18(9-10-21(22)34-15-17-8-6-7-16(2)11-17)24-23-19(13-26(3,4)14-20(23)32)27-25-28-29-30-31(24)25/h6-12,24H,5,13-15H2,1-4H3,(H,27,28,30). The molecule has 1 aromatic heterocycles. The molecule has 1 atom stereocenters. The molecule has 1 aliphatic carbocycles. The molecule has 2 heterocycles. The van der Waals surface area contributed by atoms with Gasteiger partial charge in [-0.3, -0.25) is 4.79 Å². The van der Waals surface area contributed by atoms with E-state index in [1.807, 2.05) is 37.3 Å². The van der Waals surface area contributed by atoms with Crippen LogP contribution >= 0.6 is 0 Å². The molecule has 1 aliphatic heterocycles. The predicted octanol–water partition coefficient (Wildman–Crippen LogP) is 4.62. The van der Waals surface area contributed by atoms with Gasteiger partial charge in [-0.1, -0.05) is 54.8 Å². The first kappa shape index (κ1) is 22.1. The second-order valence-corrected chi connectivity index (χ2v) is 9.72. The van der Waals surface area contributed by atoms with E-state index in [0.717, 1.165) is 28.8 Å². The second kappa shape index (κ2) is 8.59. The molecule has 2 aromatic carbocycles. The number of benzene rings is 2. The Hall–Kier alpha value is -3.68. The number of nitrogens with one attached hydrogen (secondary N) is 1. The Bertz CT molecular complexity index is 1280. The van der Waals surface area contributed by atoms with E-state index in [1.54, 1.807) is 4.68 Å². The molecular weight excluding hydrogens is 430 g/mol. The van der Waals surface area contributed by atoms with E-state index in [4.69, 9.17) is 9.47 Å². The van der Waals surface area contributed by atoms with Gasteiger partial charge in [0.25, 0.3) is 0 Å². The number of allylic oxidation sites excluding steroid dienone is 2. The van der Waals surface area contributed by atoms with Crippen LogP contribution in [0.3, 0.4) is 0 Å². The molecule has 2 aliphatic rings. The number of rotatable bonds is 6. The van der Waals surface area contributed by atoms with E-state index in [1.165, 1.54) is 5.56 Å². The number of aryl methyl sites for hydroxylation is 1. The van der Waals surface area contributed by atoms with Crippen molar-refractivity contribution in [2.24, 2.45) is 5.41 Å². The smallest absolute Gasteiger partial charge is 0.248 e. The number of carbonyl (C=O) groups excluding carboxylic acids is 1. The lowest BCUT2D eigenvalue weighted by atomic mass is 9.73. The molecule has 34 heavy (non-hydrogen) atoms. The first-order valence-electron chi connectivity index (χ1n) is 11.6. The molecule has 0 spiro atoms. The topological polar surface area (TPSA) is 91.2 Å². The van der Waals surface area contributed by atoms with Crippen LogP contribution in [0.4, 0.5) is 5.95 Å². The van der Waals surface area contributed by atoms with Crippen molar-refractivity contribution in [3.63, 3.8) is 0 Å². The van der Waals surface area contributed by atoms with E-state index in [9.17, 15) is 4.79 Å². The van der Waals surface area contributed by atoms with Crippen LogP contribution in [-0.4, -0.2) is 32.6 Å². The summed E-state index contributed by atoms with van der Waals surface area (Å²) in [6.45, 7) is 9.15. The summed E-state index contributed by atoms with van der Waals surface area (Å²) >= 11 is 0. The quantitative estimate of drug-likeness (QED) is 0.575. The number of tetrazole rings is 1. The minimum atomic E-state index is -0.421. The van der Waals surface area contributed by atoms with Crippen molar-refractivity contribution in [2.45, 2.75) is 53.2 Å². The van der Waals surface area contributed by atoms with Crippen LogP contribution < -0.4 is 14.8 Å². The maximum atomic E-state index is 13.3. The van der Waals surface area contributed by atoms with E-state index in [0.29, 0.717) is 37.1 Å². The number of carbonyl (C=O) groups is 1. The maximum Gasteiger partial charge on any atom is 0.248 e. The molecule has 1 unspecified atom stereocenters. The summed E-state index contributed by atoms with van der Waals surface area (Å²) in [6.07, 6.45) is 1.24. The molecule has 0 bridgehead atoms. The van der Waals surface area contributed by atoms with Gasteiger partial charge < -0.3 is 14.8 Å². The van der Waals surface area contributed by atoms with Crippen LogP contribution in [0.1, 0.15) is 56.3 Å².